The van der Waals surface area contributed by atoms with E-state index in [4.69, 9.17) is 4.74 Å². The number of anilines is 1. The van der Waals surface area contributed by atoms with E-state index >= 15 is 0 Å². The third-order valence-corrected chi connectivity index (χ3v) is 3.00. The van der Waals surface area contributed by atoms with Gasteiger partial charge >= 0.3 is 0 Å². The van der Waals surface area contributed by atoms with Crippen molar-refractivity contribution in [3.63, 3.8) is 0 Å². The molecular formula is C11H13BrN2O2. The van der Waals surface area contributed by atoms with Crippen LogP contribution in [0.4, 0.5) is 5.82 Å². The van der Waals surface area contributed by atoms with Crippen molar-refractivity contribution in [3.05, 3.63) is 22.8 Å². The van der Waals surface area contributed by atoms with Crippen LogP contribution in [0.1, 0.15) is 12.8 Å². The standard InChI is InChI=1S/C11H13BrN2O2/c12-9-3-4-13-10(6-9)14-11(15)8-2-1-5-16-7-8/h3-4,6,8H,1-2,5,7H2,(H,13,14,15). The van der Waals surface area contributed by atoms with E-state index in [0.29, 0.717) is 12.4 Å². The molecule has 1 aromatic rings. The average Bonchev–Trinajstić information content (AvgIpc) is 2.30. The second-order valence-corrected chi connectivity index (χ2v) is 4.68. The number of hydrogen-bond donors (Lipinski definition) is 1. The van der Waals surface area contributed by atoms with E-state index in [1.807, 2.05) is 6.07 Å². The number of amides is 1. The minimum Gasteiger partial charge on any atom is -0.381 e. The second-order valence-electron chi connectivity index (χ2n) is 3.76. The van der Waals surface area contributed by atoms with Gasteiger partial charge in [-0.05, 0) is 25.0 Å². The fourth-order valence-electron chi connectivity index (χ4n) is 1.65. The lowest BCUT2D eigenvalue weighted by molar-refractivity contribution is -0.123. The van der Waals surface area contributed by atoms with Crippen LogP contribution >= 0.6 is 15.9 Å². The molecule has 1 aliphatic heterocycles. The molecule has 2 heterocycles. The maximum atomic E-state index is 11.8. The molecule has 1 aromatic heterocycles. The van der Waals surface area contributed by atoms with Crippen LogP contribution in [0.25, 0.3) is 0 Å². The number of aromatic nitrogens is 1. The van der Waals surface area contributed by atoms with E-state index in [2.05, 4.69) is 26.2 Å². The molecule has 0 aromatic carbocycles. The summed E-state index contributed by atoms with van der Waals surface area (Å²) in [5.41, 5.74) is 0. The summed E-state index contributed by atoms with van der Waals surface area (Å²) in [5.74, 6) is 0.518. The summed E-state index contributed by atoms with van der Waals surface area (Å²) in [6.45, 7) is 1.28. The van der Waals surface area contributed by atoms with Gasteiger partial charge in [-0.15, -0.1) is 0 Å². The van der Waals surface area contributed by atoms with E-state index in [1.165, 1.54) is 0 Å². The van der Waals surface area contributed by atoms with Crippen molar-refractivity contribution in [1.29, 1.82) is 0 Å². The Kier molecular flexibility index (Phi) is 3.90. The number of pyridine rings is 1. The normalized spacial score (nSPS) is 20.4. The molecule has 1 aliphatic rings. The fourth-order valence-corrected chi connectivity index (χ4v) is 1.98. The Balaban J connectivity index is 1.96. The van der Waals surface area contributed by atoms with Gasteiger partial charge in [0.2, 0.25) is 5.91 Å². The first kappa shape index (κ1) is 11.5. The molecule has 2 rings (SSSR count). The zero-order chi connectivity index (χ0) is 11.4. The first-order valence-electron chi connectivity index (χ1n) is 5.26. The molecule has 1 amide bonds. The predicted octanol–water partition coefficient (Wildman–Crippen LogP) is 2.21. The molecule has 1 saturated heterocycles. The van der Waals surface area contributed by atoms with Gasteiger partial charge in [0.1, 0.15) is 5.82 Å². The summed E-state index contributed by atoms with van der Waals surface area (Å²) in [6.07, 6.45) is 3.49. The summed E-state index contributed by atoms with van der Waals surface area (Å²) in [7, 11) is 0. The number of nitrogens with one attached hydrogen (secondary N) is 1. The molecule has 5 heteroatoms. The Hall–Kier alpha value is -0.940. The summed E-state index contributed by atoms with van der Waals surface area (Å²) < 4.78 is 6.17. The molecule has 1 unspecified atom stereocenters. The minimum absolute atomic E-state index is 0.00898. The van der Waals surface area contributed by atoms with Crippen molar-refractivity contribution >= 4 is 27.7 Å². The van der Waals surface area contributed by atoms with Crippen LogP contribution in [0.15, 0.2) is 22.8 Å². The molecular weight excluding hydrogens is 272 g/mol. The van der Waals surface area contributed by atoms with Crippen LogP contribution in [0, 0.1) is 5.92 Å². The lowest BCUT2D eigenvalue weighted by Gasteiger charge is -2.20. The van der Waals surface area contributed by atoms with Gasteiger partial charge in [0, 0.05) is 17.3 Å². The van der Waals surface area contributed by atoms with Crippen LogP contribution in [0.3, 0.4) is 0 Å². The average molecular weight is 285 g/mol. The van der Waals surface area contributed by atoms with Gasteiger partial charge in [-0.3, -0.25) is 4.79 Å². The smallest absolute Gasteiger partial charge is 0.230 e. The highest BCUT2D eigenvalue weighted by Gasteiger charge is 2.21. The Morgan fingerprint density at radius 3 is 3.19 bits per heavy atom. The van der Waals surface area contributed by atoms with E-state index in [9.17, 15) is 4.79 Å². The molecule has 1 atom stereocenters. The first-order valence-corrected chi connectivity index (χ1v) is 6.05. The van der Waals surface area contributed by atoms with Gasteiger partial charge in [-0.1, -0.05) is 15.9 Å². The molecule has 16 heavy (non-hydrogen) atoms. The maximum Gasteiger partial charge on any atom is 0.230 e. The number of nitrogens with zero attached hydrogens (tertiary/aromatic N) is 1. The highest BCUT2D eigenvalue weighted by atomic mass is 79.9. The number of halogens is 1. The molecule has 0 aliphatic carbocycles. The monoisotopic (exact) mass is 284 g/mol. The molecule has 0 spiro atoms. The van der Waals surface area contributed by atoms with Gasteiger partial charge in [0.15, 0.2) is 0 Å². The molecule has 86 valence electrons. The van der Waals surface area contributed by atoms with Crippen molar-refractivity contribution in [2.45, 2.75) is 12.8 Å². The quantitative estimate of drug-likeness (QED) is 0.906. The van der Waals surface area contributed by atoms with Gasteiger partial charge in [-0.2, -0.15) is 0 Å². The van der Waals surface area contributed by atoms with Crippen LogP contribution in [-0.4, -0.2) is 24.1 Å². The van der Waals surface area contributed by atoms with Crippen LogP contribution < -0.4 is 5.32 Å². The summed E-state index contributed by atoms with van der Waals surface area (Å²) >= 11 is 3.33. The molecule has 4 nitrogen and oxygen atoms in total. The third kappa shape index (κ3) is 3.02. The number of carbonyl (C=O) groups is 1. The number of rotatable bonds is 2. The highest BCUT2D eigenvalue weighted by Crippen LogP contribution is 2.17. The van der Waals surface area contributed by atoms with Gasteiger partial charge in [0.05, 0.1) is 12.5 Å². The fraction of sp³-hybridized carbons (Fsp3) is 0.455. The minimum atomic E-state index is -0.0467. The molecule has 0 bridgehead atoms. The van der Waals surface area contributed by atoms with Gasteiger partial charge < -0.3 is 10.1 Å². The zero-order valence-electron chi connectivity index (χ0n) is 8.78. The molecule has 0 saturated carbocycles. The number of carbonyl (C=O) groups excluding carboxylic acids is 1. The van der Waals surface area contributed by atoms with Crippen molar-refractivity contribution in [2.24, 2.45) is 5.92 Å². The summed E-state index contributed by atoms with van der Waals surface area (Å²) in [4.78, 5) is 15.9. The van der Waals surface area contributed by atoms with Gasteiger partial charge in [0.25, 0.3) is 0 Å². The van der Waals surface area contributed by atoms with Gasteiger partial charge in [-0.25, -0.2) is 4.98 Å². The Morgan fingerprint density at radius 2 is 2.50 bits per heavy atom. The summed E-state index contributed by atoms with van der Waals surface area (Å²) in [6, 6.07) is 3.60. The van der Waals surface area contributed by atoms with E-state index < -0.39 is 0 Å². The summed E-state index contributed by atoms with van der Waals surface area (Å²) in [5, 5.41) is 2.79. The second kappa shape index (κ2) is 5.41. The number of hydrogen-bond acceptors (Lipinski definition) is 3. The zero-order valence-corrected chi connectivity index (χ0v) is 10.4. The lowest BCUT2D eigenvalue weighted by atomic mass is 10.0. The predicted molar refractivity (Wildman–Crippen MR) is 64.1 cm³/mol. The maximum absolute atomic E-state index is 11.8. The van der Waals surface area contributed by atoms with Crippen LogP contribution in [-0.2, 0) is 9.53 Å². The Labute approximate surface area is 103 Å². The topological polar surface area (TPSA) is 51.2 Å². The lowest BCUT2D eigenvalue weighted by Crippen LogP contribution is -2.30. The SMILES string of the molecule is O=C(Nc1cc(Br)ccn1)C1CCCOC1. The molecule has 1 N–H and O–H groups in total. The van der Waals surface area contributed by atoms with E-state index in [-0.39, 0.29) is 11.8 Å². The third-order valence-electron chi connectivity index (χ3n) is 2.50. The van der Waals surface area contributed by atoms with E-state index in [0.717, 1.165) is 23.9 Å². The Morgan fingerprint density at radius 1 is 1.62 bits per heavy atom. The van der Waals surface area contributed by atoms with Crippen LogP contribution in [0.2, 0.25) is 0 Å². The van der Waals surface area contributed by atoms with Crippen molar-refractivity contribution in [1.82, 2.24) is 4.98 Å². The Bertz CT molecular complexity index is 378. The first-order chi connectivity index (χ1) is 7.75. The van der Waals surface area contributed by atoms with Crippen molar-refractivity contribution in [3.8, 4) is 0 Å². The van der Waals surface area contributed by atoms with Crippen molar-refractivity contribution < 1.29 is 9.53 Å². The largest absolute Gasteiger partial charge is 0.381 e. The van der Waals surface area contributed by atoms with Crippen LogP contribution in [0.5, 0.6) is 0 Å². The highest BCUT2D eigenvalue weighted by molar-refractivity contribution is 9.10. The number of ether oxygens (including phenoxy) is 1. The van der Waals surface area contributed by atoms with E-state index in [1.54, 1.807) is 12.3 Å². The molecule has 0 radical (unpaired) electrons. The van der Waals surface area contributed by atoms with Crippen molar-refractivity contribution in [2.75, 3.05) is 18.5 Å². The molecule has 1 fully saturated rings.